The van der Waals surface area contributed by atoms with Gasteiger partial charge in [-0.05, 0) is 25.0 Å². The minimum Gasteiger partial charge on any atom is -0.370 e. The average Bonchev–Trinajstić information content (AvgIpc) is 2.46. The van der Waals surface area contributed by atoms with E-state index in [1.54, 1.807) is 11.8 Å². The van der Waals surface area contributed by atoms with Crippen LogP contribution < -0.4 is 10.9 Å². The van der Waals surface area contributed by atoms with Gasteiger partial charge in [0.15, 0.2) is 0 Å². The van der Waals surface area contributed by atoms with Gasteiger partial charge in [0.1, 0.15) is 11.6 Å². The van der Waals surface area contributed by atoms with Crippen molar-refractivity contribution in [1.29, 1.82) is 0 Å². The molecular formula is C14H15N3OS. The van der Waals surface area contributed by atoms with Crippen molar-refractivity contribution >= 4 is 17.6 Å². The van der Waals surface area contributed by atoms with E-state index in [0.29, 0.717) is 5.75 Å². The predicted octanol–water partition coefficient (Wildman–Crippen LogP) is 2.42. The maximum atomic E-state index is 12.0. The quantitative estimate of drug-likeness (QED) is 0.843. The van der Waals surface area contributed by atoms with Crippen LogP contribution in [0.1, 0.15) is 17.8 Å². The monoisotopic (exact) mass is 273 g/mol. The molecule has 0 fully saturated rings. The summed E-state index contributed by atoms with van der Waals surface area (Å²) in [5.74, 6) is 2.17. The van der Waals surface area contributed by atoms with Gasteiger partial charge in [0, 0.05) is 11.4 Å². The summed E-state index contributed by atoms with van der Waals surface area (Å²) in [4.78, 5) is 20.5. The van der Waals surface area contributed by atoms with E-state index in [1.165, 1.54) is 4.90 Å². The smallest absolute Gasteiger partial charge is 0.256 e. The number of hydrogen-bond donors (Lipinski definition) is 2. The lowest BCUT2D eigenvalue weighted by Crippen LogP contribution is -2.24. The molecule has 0 unspecified atom stereocenters. The average molecular weight is 273 g/mol. The van der Waals surface area contributed by atoms with Crippen LogP contribution in [-0.4, -0.2) is 16.5 Å². The number of nitrogens with zero attached hydrogens (tertiary/aromatic N) is 1. The van der Waals surface area contributed by atoms with E-state index in [9.17, 15) is 4.79 Å². The van der Waals surface area contributed by atoms with Crippen molar-refractivity contribution in [3.63, 3.8) is 0 Å². The second kappa shape index (κ2) is 5.48. The number of H-pyrrole nitrogens is 1. The van der Waals surface area contributed by atoms with Crippen LogP contribution in [0.15, 0.2) is 40.0 Å². The fourth-order valence-electron chi connectivity index (χ4n) is 2.13. The number of aromatic nitrogens is 2. The molecule has 0 aliphatic carbocycles. The number of fused-ring (bicyclic) bond motifs is 1. The van der Waals surface area contributed by atoms with Crippen LogP contribution in [0, 0.1) is 0 Å². The van der Waals surface area contributed by atoms with E-state index in [2.05, 4.69) is 27.4 Å². The number of anilines is 1. The molecule has 98 valence electrons. The Hall–Kier alpha value is -1.75. The zero-order valence-corrected chi connectivity index (χ0v) is 11.3. The Labute approximate surface area is 115 Å². The van der Waals surface area contributed by atoms with Crippen molar-refractivity contribution < 1.29 is 0 Å². The first kappa shape index (κ1) is 12.3. The SMILES string of the molecule is O=c1[nH]c(CSc2ccccc2)nc2c1CCCN2. The van der Waals surface area contributed by atoms with Crippen LogP contribution in [0.2, 0.25) is 0 Å². The summed E-state index contributed by atoms with van der Waals surface area (Å²) in [7, 11) is 0. The highest BCUT2D eigenvalue weighted by Crippen LogP contribution is 2.22. The number of nitrogens with one attached hydrogen (secondary N) is 2. The Morgan fingerprint density at radius 1 is 1.26 bits per heavy atom. The summed E-state index contributed by atoms with van der Waals surface area (Å²) >= 11 is 1.67. The molecule has 1 aliphatic rings. The molecule has 2 N–H and O–H groups in total. The summed E-state index contributed by atoms with van der Waals surface area (Å²) in [5.41, 5.74) is 0.792. The Bertz CT molecular complexity index is 624. The van der Waals surface area contributed by atoms with Crippen molar-refractivity contribution in [2.75, 3.05) is 11.9 Å². The first-order chi connectivity index (χ1) is 9.33. The number of rotatable bonds is 3. The third-order valence-electron chi connectivity index (χ3n) is 3.08. The summed E-state index contributed by atoms with van der Waals surface area (Å²) in [6.45, 7) is 0.898. The lowest BCUT2D eigenvalue weighted by atomic mass is 10.1. The van der Waals surface area contributed by atoms with Crippen LogP contribution in [0.25, 0.3) is 0 Å². The minimum absolute atomic E-state index is 0.000798. The highest BCUT2D eigenvalue weighted by Gasteiger charge is 2.14. The molecule has 3 rings (SSSR count). The fraction of sp³-hybridized carbons (Fsp3) is 0.286. The largest absolute Gasteiger partial charge is 0.370 e. The van der Waals surface area contributed by atoms with Crippen molar-refractivity contribution in [3.05, 3.63) is 52.1 Å². The van der Waals surface area contributed by atoms with Crippen molar-refractivity contribution in [3.8, 4) is 0 Å². The molecule has 1 aliphatic heterocycles. The molecule has 2 aromatic rings. The maximum Gasteiger partial charge on any atom is 0.256 e. The molecule has 0 saturated carbocycles. The molecule has 0 amide bonds. The van der Waals surface area contributed by atoms with Crippen LogP contribution in [-0.2, 0) is 12.2 Å². The Morgan fingerprint density at radius 2 is 2.11 bits per heavy atom. The highest BCUT2D eigenvalue weighted by molar-refractivity contribution is 7.98. The first-order valence-electron chi connectivity index (χ1n) is 6.37. The van der Waals surface area contributed by atoms with Gasteiger partial charge in [-0.1, -0.05) is 18.2 Å². The molecule has 4 nitrogen and oxygen atoms in total. The van der Waals surface area contributed by atoms with Crippen LogP contribution in [0.4, 0.5) is 5.82 Å². The van der Waals surface area contributed by atoms with Gasteiger partial charge in [-0.2, -0.15) is 0 Å². The van der Waals surface area contributed by atoms with Gasteiger partial charge >= 0.3 is 0 Å². The van der Waals surface area contributed by atoms with Crippen molar-refractivity contribution in [2.24, 2.45) is 0 Å². The minimum atomic E-state index is 0.000798. The molecule has 19 heavy (non-hydrogen) atoms. The molecule has 0 saturated heterocycles. The molecule has 0 radical (unpaired) electrons. The summed E-state index contributed by atoms with van der Waals surface area (Å²) in [6, 6.07) is 10.1. The summed E-state index contributed by atoms with van der Waals surface area (Å²) in [5, 5.41) is 3.20. The molecule has 0 bridgehead atoms. The van der Waals surface area contributed by atoms with Crippen LogP contribution >= 0.6 is 11.8 Å². The van der Waals surface area contributed by atoms with E-state index < -0.39 is 0 Å². The summed E-state index contributed by atoms with van der Waals surface area (Å²) in [6.07, 6.45) is 1.81. The standard InChI is InChI=1S/C14H15N3OS/c18-14-11-7-4-8-15-13(11)16-12(17-14)9-19-10-5-2-1-3-6-10/h1-3,5-6H,4,7-9H2,(H2,15,16,17,18). The van der Waals surface area contributed by atoms with Crippen molar-refractivity contribution in [1.82, 2.24) is 9.97 Å². The number of aromatic amines is 1. The zero-order valence-electron chi connectivity index (χ0n) is 10.5. The second-order valence-corrected chi connectivity index (χ2v) is 5.52. The van der Waals surface area contributed by atoms with Gasteiger partial charge in [0.25, 0.3) is 5.56 Å². The first-order valence-corrected chi connectivity index (χ1v) is 7.35. The highest BCUT2D eigenvalue weighted by atomic mass is 32.2. The molecule has 1 aromatic heterocycles. The molecule has 0 atom stereocenters. The Kier molecular flexibility index (Phi) is 3.55. The zero-order chi connectivity index (χ0) is 13.1. The summed E-state index contributed by atoms with van der Waals surface area (Å²) < 4.78 is 0. The van der Waals surface area contributed by atoms with E-state index >= 15 is 0 Å². The van der Waals surface area contributed by atoms with E-state index in [0.717, 1.165) is 36.6 Å². The van der Waals surface area contributed by atoms with Crippen LogP contribution in [0.5, 0.6) is 0 Å². The molecular weight excluding hydrogens is 258 g/mol. The number of thioether (sulfide) groups is 1. The maximum absolute atomic E-state index is 12.0. The topological polar surface area (TPSA) is 57.8 Å². The number of benzene rings is 1. The molecule has 2 heterocycles. The molecule has 0 spiro atoms. The normalized spacial score (nSPS) is 13.7. The molecule has 1 aromatic carbocycles. The van der Waals surface area contributed by atoms with Gasteiger partial charge in [0.2, 0.25) is 0 Å². The predicted molar refractivity (Wildman–Crippen MR) is 77.7 cm³/mol. The lowest BCUT2D eigenvalue weighted by molar-refractivity contribution is 0.789. The van der Waals surface area contributed by atoms with Crippen LogP contribution in [0.3, 0.4) is 0 Å². The van der Waals surface area contributed by atoms with Gasteiger partial charge in [0.05, 0.1) is 11.3 Å². The van der Waals surface area contributed by atoms with Gasteiger partial charge < -0.3 is 10.3 Å². The van der Waals surface area contributed by atoms with E-state index in [1.807, 2.05) is 18.2 Å². The van der Waals surface area contributed by atoms with Gasteiger partial charge in [-0.3, -0.25) is 4.79 Å². The fourth-order valence-corrected chi connectivity index (χ4v) is 2.92. The number of hydrogen-bond acceptors (Lipinski definition) is 4. The van der Waals surface area contributed by atoms with Gasteiger partial charge in [-0.15, -0.1) is 11.8 Å². The lowest BCUT2D eigenvalue weighted by Gasteiger charge is -2.16. The second-order valence-electron chi connectivity index (χ2n) is 4.47. The Balaban J connectivity index is 1.78. The molecule has 5 heteroatoms. The Morgan fingerprint density at radius 3 is 2.95 bits per heavy atom. The third kappa shape index (κ3) is 2.81. The van der Waals surface area contributed by atoms with E-state index in [-0.39, 0.29) is 5.56 Å². The van der Waals surface area contributed by atoms with Gasteiger partial charge in [-0.25, -0.2) is 4.98 Å². The van der Waals surface area contributed by atoms with E-state index in [4.69, 9.17) is 0 Å². The third-order valence-corrected chi connectivity index (χ3v) is 4.10. The van der Waals surface area contributed by atoms with Crippen molar-refractivity contribution in [2.45, 2.75) is 23.5 Å².